The van der Waals surface area contributed by atoms with Crippen LogP contribution in [0.3, 0.4) is 0 Å². The summed E-state index contributed by atoms with van der Waals surface area (Å²) >= 11 is 5.79. The number of pyridine rings is 1. The van der Waals surface area contributed by atoms with Crippen molar-refractivity contribution in [2.45, 2.75) is 12.8 Å². The zero-order valence-electron chi connectivity index (χ0n) is 9.58. The van der Waals surface area contributed by atoms with Gasteiger partial charge in [-0.05, 0) is 23.8 Å². The molecule has 1 aromatic heterocycles. The van der Waals surface area contributed by atoms with Gasteiger partial charge in [0, 0.05) is 11.8 Å². The van der Waals surface area contributed by atoms with Gasteiger partial charge in [0.2, 0.25) is 0 Å². The molecular formula is C13H9ClF3NO. The number of aromatic nitrogens is 1. The molecule has 0 saturated carbocycles. The maximum absolute atomic E-state index is 12.7. The SMILES string of the molecule is OCc1ncc(Cl)cc1-c1cccc(C(F)(F)F)c1. The van der Waals surface area contributed by atoms with Crippen LogP contribution >= 0.6 is 11.6 Å². The van der Waals surface area contributed by atoms with Gasteiger partial charge in [-0.15, -0.1) is 0 Å². The van der Waals surface area contributed by atoms with Gasteiger partial charge >= 0.3 is 6.18 Å². The number of aliphatic hydroxyl groups excluding tert-OH is 1. The van der Waals surface area contributed by atoms with E-state index < -0.39 is 11.7 Å². The molecule has 0 aliphatic carbocycles. The van der Waals surface area contributed by atoms with Gasteiger partial charge in [0.05, 0.1) is 22.9 Å². The van der Waals surface area contributed by atoms with E-state index in [9.17, 15) is 18.3 Å². The van der Waals surface area contributed by atoms with Crippen molar-refractivity contribution >= 4 is 11.6 Å². The molecule has 0 saturated heterocycles. The Labute approximate surface area is 112 Å². The summed E-state index contributed by atoms with van der Waals surface area (Å²) in [7, 11) is 0. The Morgan fingerprint density at radius 1 is 1.21 bits per heavy atom. The van der Waals surface area contributed by atoms with E-state index in [-0.39, 0.29) is 12.3 Å². The molecule has 0 aliphatic rings. The lowest BCUT2D eigenvalue weighted by atomic mass is 10.0. The summed E-state index contributed by atoms with van der Waals surface area (Å²) in [5.74, 6) is 0. The second-order valence-corrected chi connectivity index (χ2v) is 4.32. The fraction of sp³-hybridized carbons (Fsp3) is 0.154. The van der Waals surface area contributed by atoms with Crippen LogP contribution in [-0.2, 0) is 12.8 Å². The topological polar surface area (TPSA) is 33.1 Å². The van der Waals surface area contributed by atoms with E-state index >= 15 is 0 Å². The van der Waals surface area contributed by atoms with Crippen LogP contribution in [0.25, 0.3) is 11.1 Å². The van der Waals surface area contributed by atoms with Crippen molar-refractivity contribution in [2.75, 3.05) is 0 Å². The molecule has 0 amide bonds. The minimum absolute atomic E-state index is 0.281. The fourth-order valence-corrected chi connectivity index (χ4v) is 1.86. The predicted molar refractivity (Wildman–Crippen MR) is 65.6 cm³/mol. The van der Waals surface area contributed by atoms with Crippen molar-refractivity contribution in [1.29, 1.82) is 0 Å². The standard InChI is InChI=1S/C13H9ClF3NO/c14-10-5-11(12(7-19)18-6-10)8-2-1-3-9(4-8)13(15,16)17/h1-6,19H,7H2. The zero-order chi connectivity index (χ0) is 14.0. The van der Waals surface area contributed by atoms with Gasteiger partial charge in [-0.3, -0.25) is 4.98 Å². The number of benzene rings is 1. The monoisotopic (exact) mass is 287 g/mol. The molecule has 2 nitrogen and oxygen atoms in total. The summed E-state index contributed by atoms with van der Waals surface area (Å²) in [4.78, 5) is 3.90. The smallest absolute Gasteiger partial charge is 0.390 e. The van der Waals surface area contributed by atoms with Crippen LogP contribution in [0, 0.1) is 0 Å². The first-order chi connectivity index (χ1) is 8.91. The summed E-state index contributed by atoms with van der Waals surface area (Å²) in [5, 5.41) is 9.47. The van der Waals surface area contributed by atoms with Crippen LogP contribution < -0.4 is 0 Å². The van der Waals surface area contributed by atoms with Crippen LogP contribution in [0.4, 0.5) is 13.2 Å². The Balaban J connectivity index is 2.56. The van der Waals surface area contributed by atoms with Crippen molar-refractivity contribution < 1.29 is 18.3 Å². The van der Waals surface area contributed by atoms with E-state index in [4.69, 9.17) is 11.6 Å². The third-order valence-corrected chi connectivity index (χ3v) is 2.79. The molecule has 6 heteroatoms. The van der Waals surface area contributed by atoms with Gasteiger partial charge in [-0.1, -0.05) is 23.7 Å². The van der Waals surface area contributed by atoms with E-state index in [1.54, 1.807) is 0 Å². The van der Waals surface area contributed by atoms with Crippen LogP contribution in [0.15, 0.2) is 36.5 Å². The van der Waals surface area contributed by atoms with E-state index in [0.29, 0.717) is 16.1 Å². The maximum Gasteiger partial charge on any atom is 0.416 e. The molecule has 0 fully saturated rings. The van der Waals surface area contributed by atoms with Gasteiger partial charge in [0.1, 0.15) is 0 Å². The Bertz CT molecular complexity index is 599. The second-order valence-electron chi connectivity index (χ2n) is 3.88. The molecule has 1 heterocycles. The lowest BCUT2D eigenvalue weighted by molar-refractivity contribution is -0.137. The molecule has 0 radical (unpaired) electrons. The highest BCUT2D eigenvalue weighted by Crippen LogP contribution is 2.33. The number of nitrogens with zero attached hydrogens (tertiary/aromatic N) is 1. The fourth-order valence-electron chi connectivity index (χ4n) is 1.71. The number of hydrogen-bond acceptors (Lipinski definition) is 2. The molecule has 2 rings (SSSR count). The highest BCUT2D eigenvalue weighted by molar-refractivity contribution is 6.30. The third-order valence-electron chi connectivity index (χ3n) is 2.59. The highest BCUT2D eigenvalue weighted by atomic mass is 35.5. The molecular weight excluding hydrogens is 279 g/mol. The summed E-state index contributed by atoms with van der Waals surface area (Å²) in [5.41, 5.74) is 0.229. The van der Waals surface area contributed by atoms with E-state index in [1.165, 1.54) is 24.4 Å². The van der Waals surface area contributed by atoms with Crippen molar-refractivity contribution in [3.8, 4) is 11.1 Å². The van der Waals surface area contributed by atoms with Gasteiger partial charge in [0.25, 0.3) is 0 Å². The van der Waals surface area contributed by atoms with Gasteiger partial charge in [-0.25, -0.2) is 0 Å². The quantitative estimate of drug-likeness (QED) is 0.908. The first-order valence-electron chi connectivity index (χ1n) is 5.34. The average Bonchev–Trinajstić information content (AvgIpc) is 2.38. The summed E-state index contributed by atoms with van der Waals surface area (Å²) in [6.45, 7) is -0.372. The Kier molecular flexibility index (Phi) is 3.78. The zero-order valence-corrected chi connectivity index (χ0v) is 10.3. The first-order valence-corrected chi connectivity index (χ1v) is 5.72. The van der Waals surface area contributed by atoms with Crippen LogP contribution in [0.2, 0.25) is 5.02 Å². The molecule has 0 atom stereocenters. The Morgan fingerprint density at radius 2 is 1.95 bits per heavy atom. The predicted octanol–water partition coefficient (Wildman–Crippen LogP) is 3.91. The van der Waals surface area contributed by atoms with Gasteiger partial charge in [0.15, 0.2) is 0 Å². The first kappa shape index (κ1) is 13.8. The maximum atomic E-state index is 12.7. The summed E-state index contributed by atoms with van der Waals surface area (Å²) in [6, 6.07) is 6.30. The highest BCUT2D eigenvalue weighted by Gasteiger charge is 2.30. The van der Waals surface area contributed by atoms with Crippen molar-refractivity contribution in [1.82, 2.24) is 4.98 Å². The number of rotatable bonds is 2. The van der Waals surface area contributed by atoms with Gasteiger partial charge < -0.3 is 5.11 Å². The number of halogens is 4. The Hall–Kier alpha value is -1.59. The number of aliphatic hydroxyl groups is 1. The molecule has 2 aromatic rings. The minimum Gasteiger partial charge on any atom is -0.390 e. The molecule has 19 heavy (non-hydrogen) atoms. The van der Waals surface area contributed by atoms with Crippen molar-refractivity contribution in [3.63, 3.8) is 0 Å². The lowest BCUT2D eigenvalue weighted by Gasteiger charge is -2.11. The summed E-state index contributed by atoms with van der Waals surface area (Å²) < 4.78 is 38.0. The Morgan fingerprint density at radius 3 is 2.58 bits per heavy atom. The van der Waals surface area contributed by atoms with Crippen molar-refractivity contribution in [2.24, 2.45) is 0 Å². The molecule has 0 spiro atoms. The van der Waals surface area contributed by atoms with Crippen molar-refractivity contribution in [3.05, 3.63) is 52.8 Å². The molecule has 100 valence electrons. The average molecular weight is 288 g/mol. The van der Waals surface area contributed by atoms with Crippen LogP contribution in [0.5, 0.6) is 0 Å². The van der Waals surface area contributed by atoms with Crippen LogP contribution in [0.1, 0.15) is 11.3 Å². The summed E-state index contributed by atoms with van der Waals surface area (Å²) in [6.07, 6.45) is -3.08. The lowest BCUT2D eigenvalue weighted by Crippen LogP contribution is -2.05. The normalized spacial score (nSPS) is 11.6. The largest absolute Gasteiger partial charge is 0.416 e. The molecule has 1 N–H and O–H groups in total. The molecule has 0 aliphatic heterocycles. The van der Waals surface area contributed by atoms with Gasteiger partial charge in [-0.2, -0.15) is 13.2 Å². The number of hydrogen-bond donors (Lipinski definition) is 1. The molecule has 0 unspecified atom stereocenters. The second kappa shape index (κ2) is 5.19. The van der Waals surface area contributed by atoms with E-state index in [0.717, 1.165) is 12.1 Å². The minimum atomic E-state index is -4.42. The molecule has 1 aromatic carbocycles. The third kappa shape index (κ3) is 3.05. The molecule has 0 bridgehead atoms. The van der Waals surface area contributed by atoms with Crippen LogP contribution in [-0.4, -0.2) is 10.1 Å². The van der Waals surface area contributed by atoms with E-state index in [2.05, 4.69) is 4.98 Å². The van der Waals surface area contributed by atoms with E-state index in [1.807, 2.05) is 0 Å². The number of alkyl halides is 3.